The van der Waals surface area contributed by atoms with Crippen molar-refractivity contribution in [3.63, 3.8) is 0 Å². The lowest BCUT2D eigenvalue weighted by atomic mass is 10.1. The average molecular weight is 438 g/mol. The Morgan fingerprint density at radius 3 is 2.52 bits per heavy atom. The Morgan fingerprint density at radius 2 is 1.87 bits per heavy atom. The summed E-state index contributed by atoms with van der Waals surface area (Å²) in [5.74, 6) is -0.132. The van der Waals surface area contributed by atoms with E-state index in [4.69, 9.17) is 0 Å². The van der Waals surface area contributed by atoms with Crippen LogP contribution in [0.5, 0.6) is 0 Å². The van der Waals surface area contributed by atoms with Gasteiger partial charge in [-0.25, -0.2) is 9.50 Å². The summed E-state index contributed by atoms with van der Waals surface area (Å²) in [5, 5.41) is 4.26. The van der Waals surface area contributed by atoms with Crippen molar-refractivity contribution in [1.82, 2.24) is 29.3 Å². The van der Waals surface area contributed by atoms with Crippen molar-refractivity contribution in [1.29, 1.82) is 0 Å². The van der Waals surface area contributed by atoms with Gasteiger partial charge < -0.3 is 9.80 Å². The van der Waals surface area contributed by atoms with Crippen molar-refractivity contribution < 1.29 is 18.0 Å². The van der Waals surface area contributed by atoms with Crippen molar-refractivity contribution in [2.24, 2.45) is 0 Å². The molecular formula is C21H29F3N6O. The zero-order chi connectivity index (χ0) is 22.3. The zero-order valence-electron chi connectivity index (χ0n) is 18.2. The summed E-state index contributed by atoms with van der Waals surface area (Å²) in [6.07, 6.45) is -3.83. The van der Waals surface area contributed by atoms with Crippen LogP contribution in [-0.2, 0) is 11.0 Å². The van der Waals surface area contributed by atoms with Gasteiger partial charge in [0.05, 0.1) is 12.2 Å². The molecule has 0 radical (unpaired) electrons. The number of hydrogen-bond donors (Lipinski definition) is 0. The van der Waals surface area contributed by atoms with Gasteiger partial charge in [0.2, 0.25) is 5.91 Å². The summed E-state index contributed by atoms with van der Waals surface area (Å²) < 4.78 is 41.7. The molecule has 4 rings (SSSR count). The minimum absolute atomic E-state index is 0.0759. The Bertz CT molecular complexity index is 948. The third-order valence-electron chi connectivity index (χ3n) is 6.26. The van der Waals surface area contributed by atoms with Gasteiger partial charge in [0.25, 0.3) is 0 Å². The molecule has 2 aromatic heterocycles. The number of nitrogens with zero attached hydrogens (tertiary/aromatic N) is 6. The Kier molecular flexibility index (Phi) is 5.95. The van der Waals surface area contributed by atoms with Gasteiger partial charge in [-0.2, -0.15) is 18.3 Å². The van der Waals surface area contributed by atoms with Crippen molar-refractivity contribution in [3.8, 4) is 0 Å². The maximum atomic E-state index is 13.6. The molecule has 7 nitrogen and oxygen atoms in total. The van der Waals surface area contributed by atoms with Gasteiger partial charge >= 0.3 is 6.18 Å². The molecule has 2 aliphatic rings. The standard InChI is InChI=1S/C21H29F3N6O/c1-14(2)16-10-18(21(22,23)24)30-19(25-16)11-17(26-30)15-4-5-29(12-15)20(31)13-28-8-6-27(3)7-9-28/h10-11,14-15H,4-9,12-13H2,1-3H3. The van der Waals surface area contributed by atoms with Gasteiger partial charge in [0, 0.05) is 56.9 Å². The number of likely N-dealkylation sites (tertiary alicyclic amines) is 1. The summed E-state index contributed by atoms with van der Waals surface area (Å²) >= 11 is 0. The molecule has 4 heterocycles. The number of carbonyl (C=O) groups excluding carboxylic acids is 1. The van der Waals surface area contributed by atoms with E-state index in [1.54, 1.807) is 6.07 Å². The average Bonchev–Trinajstić information content (AvgIpc) is 3.35. The fourth-order valence-corrected chi connectivity index (χ4v) is 4.23. The van der Waals surface area contributed by atoms with Gasteiger partial charge in [0.15, 0.2) is 5.65 Å². The van der Waals surface area contributed by atoms with Gasteiger partial charge in [0.1, 0.15) is 5.69 Å². The summed E-state index contributed by atoms with van der Waals surface area (Å²) in [6, 6.07) is 2.72. The molecule has 2 aliphatic heterocycles. The zero-order valence-corrected chi connectivity index (χ0v) is 18.2. The monoisotopic (exact) mass is 438 g/mol. The number of fused-ring (bicyclic) bond motifs is 1. The van der Waals surface area contributed by atoms with Gasteiger partial charge in [-0.1, -0.05) is 13.8 Å². The Hall–Kier alpha value is -2.20. The van der Waals surface area contributed by atoms with Gasteiger partial charge in [-0.05, 0) is 25.5 Å². The third-order valence-corrected chi connectivity index (χ3v) is 6.26. The van der Waals surface area contributed by atoms with E-state index in [0.717, 1.165) is 36.8 Å². The highest BCUT2D eigenvalue weighted by Crippen LogP contribution is 2.33. The third kappa shape index (κ3) is 4.69. The van der Waals surface area contributed by atoms with E-state index in [1.165, 1.54) is 0 Å². The molecule has 0 spiro atoms. The fraction of sp³-hybridized carbons (Fsp3) is 0.667. The predicted octanol–water partition coefficient (Wildman–Crippen LogP) is 2.43. The van der Waals surface area contributed by atoms with Crippen LogP contribution in [0.25, 0.3) is 5.65 Å². The van der Waals surface area contributed by atoms with E-state index in [1.807, 2.05) is 18.7 Å². The number of hydrogen-bond acceptors (Lipinski definition) is 5. The topological polar surface area (TPSA) is 57.0 Å². The number of likely N-dealkylation sites (N-methyl/N-ethyl adjacent to an activating group) is 1. The van der Waals surface area contributed by atoms with Crippen LogP contribution in [0.15, 0.2) is 12.1 Å². The molecule has 0 N–H and O–H groups in total. The molecule has 1 amide bonds. The molecule has 170 valence electrons. The first-order chi connectivity index (χ1) is 14.6. The molecule has 0 aromatic carbocycles. The number of alkyl halides is 3. The normalized spacial score (nSPS) is 21.5. The number of aromatic nitrogens is 3. The van der Waals surface area contributed by atoms with E-state index in [2.05, 4.69) is 26.9 Å². The molecule has 2 aromatic rings. The summed E-state index contributed by atoms with van der Waals surface area (Å²) in [5.41, 5.74) is 0.347. The van der Waals surface area contributed by atoms with Crippen LogP contribution in [-0.4, -0.2) is 88.1 Å². The molecule has 1 atom stereocenters. The maximum Gasteiger partial charge on any atom is 0.433 e. The second-order valence-electron chi connectivity index (χ2n) is 8.96. The van der Waals surface area contributed by atoms with Crippen LogP contribution in [0.2, 0.25) is 0 Å². The van der Waals surface area contributed by atoms with Crippen molar-refractivity contribution in [3.05, 3.63) is 29.2 Å². The first-order valence-corrected chi connectivity index (χ1v) is 10.8. The Morgan fingerprint density at radius 1 is 1.16 bits per heavy atom. The lowest BCUT2D eigenvalue weighted by Crippen LogP contribution is -2.48. The van der Waals surface area contributed by atoms with Crippen molar-refractivity contribution in [2.45, 2.75) is 38.3 Å². The second kappa shape index (κ2) is 8.38. The van der Waals surface area contributed by atoms with Crippen LogP contribution in [0.4, 0.5) is 13.2 Å². The smallest absolute Gasteiger partial charge is 0.341 e. The minimum atomic E-state index is -4.52. The molecule has 31 heavy (non-hydrogen) atoms. The minimum Gasteiger partial charge on any atom is -0.341 e. The van der Waals surface area contributed by atoms with Crippen molar-refractivity contribution >= 4 is 11.6 Å². The molecule has 0 aliphatic carbocycles. The van der Waals surface area contributed by atoms with E-state index in [0.29, 0.717) is 37.4 Å². The predicted molar refractivity (Wildman–Crippen MR) is 110 cm³/mol. The number of rotatable bonds is 4. The largest absolute Gasteiger partial charge is 0.433 e. The Labute approximate surface area is 179 Å². The summed E-state index contributed by atoms with van der Waals surface area (Å²) in [7, 11) is 2.07. The number of piperazine rings is 1. The summed E-state index contributed by atoms with van der Waals surface area (Å²) in [4.78, 5) is 23.3. The number of amides is 1. The van der Waals surface area contributed by atoms with Gasteiger partial charge in [-0.15, -0.1) is 0 Å². The highest BCUT2D eigenvalue weighted by atomic mass is 19.4. The van der Waals surface area contributed by atoms with Gasteiger partial charge in [-0.3, -0.25) is 9.69 Å². The Balaban J connectivity index is 1.50. The quantitative estimate of drug-likeness (QED) is 0.734. The van der Waals surface area contributed by atoms with Crippen LogP contribution >= 0.6 is 0 Å². The molecular weight excluding hydrogens is 409 g/mol. The van der Waals surface area contributed by atoms with E-state index in [9.17, 15) is 18.0 Å². The first kappa shape index (κ1) is 22.0. The summed E-state index contributed by atoms with van der Waals surface area (Å²) in [6.45, 7) is 8.74. The molecule has 2 fully saturated rings. The SMILES string of the molecule is CC(C)c1cc(C(F)(F)F)n2nc(C3CCN(C(=O)CN4CCN(C)CC4)C3)cc2n1. The van der Waals surface area contributed by atoms with Crippen LogP contribution in [0.1, 0.15) is 49.2 Å². The van der Waals surface area contributed by atoms with Crippen LogP contribution in [0.3, 0.4) is 0 Å². The van der Waals surface area contributed by atoms with Crippen molar-refractivity contribution in [2.75, 3.05) is 52.9 Å². The molecule has 0 saturated carbocycles. The number of halogens is 3. The van der Waals surface area contributed by atoms with E-state index >= 15 is 0 Å². The van der Waals surface area contributed by atoms with Crippen LogP contribution in [0, 0.1) is 0 Å². The van der Waals surface area contributed by atoms with E-state index in [-0.39, 0.29) is 23.4 Å². The van der Waals surface area contributed by atoms with E-state index < -0.39 is 11.9 Å². The molecule has 0 bridgehead atoms. The second-order valence-corrected chi connectivity index (χ2v) is 8.96. The highest BCUT2D eigenvalue weighted by Gasteiger charge is 2.36. The first-order valence-electron chi connectivity index (χ1n) is 10.8. The van der Waals surface area contributed by atoms with Crippen LogP contribution < -0.4 is 0 Å². The number of carbonyl (C=O) groups is 1. The lowest BCUT2D eigenvalue weighted by Gasteiger charge is -2.32. The maximum absolute atomic E-state index is 13.6. The lowest BCUT2D eigenvalue weighted by molar-refractivity contribution is -0.142. The molecule has 10 heteroatoms. The molecule has 1 unspecified atom stereocenters. The highest BCUT2D eigenvalue weighted by molar-refractivity contribution is 5.78. The fourth-order valence-electron chi connectivity index (χ4n) is 4.23. The molecule has 2 saturated heterocycles.